The monoisotopic (exact) mass is 238 g/mol. The molecule has 2 rings (SSSR count). The zero-order valence-electron chi connectivity index (χ0n) is 10.9. The minimum Gasteiger partial charge on any atom is -0.385 e. The number of hydrogen-bond acceptors (Lipinski definition) is 1. The summed E-state index contributed by atoms with van der Waals surface area (Å²) >= 11 is 0. The highest BCUT2D eigenvalue weighted by Crippen LogP contribution is 2.09. The predicted molar refractivity (Wildman–Crippen MR) is 77.9 cm³/mol. The average molecular weight is 238 g/mol. The van der Waals surface area contributed by atoms with Gasteiger partial charge in [0.05, 0.1) is 0 Å². The lowest BCUT2D eigenvalue weighted by molar-refractivity contribution is 0.860. The maximum atomic E-state index is 3.42. The lowest BCUT2D eigenvalue weighted by Crippen LogP contribution is -2.02. The predicted octanol–water partition coefficient (Wildman–Crippen LogP) is 4.09. The van der Waals surface area contributed by atoms with Crippen LogP contribution in [0.2, 0.25) is 0 Å². The van der Waals surface area contributed by atoms with Crippen molar-refractivity contribution >= 4 is 5.69 Å². The van der Waals surface area contributed by atoms with Crippen LogP contribution < -0.4 is 5.32 Å². The summed E-state index contributed by atoms with van der Waals surface area (Å²) in [6.07, 6.45) is 3.41. The summed E-state index contributed by atoms with van der Waals surface area (Å²) < 4.78 is 0. The van der Waals surface area contributed by atoms with Crippen molar-refractivity contribution in [3.8, 4) is 0 Å². The molecule has 1 radical (unpaired) electrons. The van der Waals surface area contributed by atoms with Gasteiger partial charge in [0, 0.05) is 12.2 Å². The highest BCUT2D eigenvalue weighted by Gasteiger charge is 1.95. The molecule has 1 N–H and O–H groups in total. The summed E-state index contributed by atoms with van der Waals surface area (Å²) in [5, 5.41) is 3.42. The third kappa shape index (κ3) is 3.92. The fraction of sp³-hybridized carbons (Fsp3) is 0.294. The first-order valence-corrected chi connectivity index (χ1v) is 6.66. The molecule has 0 aliphatic rings. The van der Waals surface area contributed by atoms with Crippen molar-refractivity contribution in [1.29, 1.82) is 0 Å². The topological polar surface area (TPSA) is 12.0 Å². The Kier molecular flexibility index (Phi) is 4.83. The SMILES string of the molecule is CCc1cccc(CCCNc2cc[c]cc2)c1. The molecule has 0 aliphatic heterocycles. The lowest BCUT2D eigenvalue weighted by atomic mass is 10.1. The molecule has 0 spiro atoms. The third-order valence-corrected chi connectivity index (χ3v) is 3.09. The van der Waals surface area contributed by atoms with E-state index < -0.39 is 0 Å². The summed E-state index contributed by atoms with van der Waals surface area (Å²) in [7, 11) is 0. The van der Waals surface area contributed by atoms with E-state index in [4.69, 9.17) is 0 Å². The smallest absolute Gasteiger partial charge is 0.0340 e. The van der Waals surface area contributed by atoms with Crippen LogP contribution in [0.5, 0.6) is 0 Å². The molecule has 18 heavy (non-hydrogen) atoms. The highest BCUT2D eigenvalue weighted by molar-refractivity contribution is 5.41. The Labute approximate surface area is 110 Å². The van der Waals surface area contributed by atoms with Crippen molar-refractivity contribution in [2.75, 3.05) is 11.9 Å². The first-order valence-electron chi connectivity index (χ1n) is 6.66. The van der Waals surface area contributed by atoms with E-state index in [0.717, 1.165) is 25.8 Å². The Bertz CT molecular complexity index is 462. The van der Waals surface area contributed by atoms with Gasteiger partial charge in [0.15, 0.2) is 0 Å². The molecule has 2 aromatic carbocycles. The number of nitrogens with one attached hydrogen (secondary N) is 1. The van der Waals surface area contributed by atoms with Crippen LogP contribution in [0.15, 0.2) is 48.5 Å². The van der Waals surface area contributed by atoms with E-state index in [1.807, 2.05) is 12.1 Å². The summed E-state index contributed by atoms with van der Waals surface area (Å²) in [6.45, 7) is 3.22. The van der Waals surface area contributed by atoms with Crippen LogP contribution in [0.4, 0.5) is 5.69 Å². The molecule has 1 nitrogen and oxygen atoms in total. The van der Waals surface area contributed by atoms with Crippen LogP contribution in [-0.2, 0) is 12.8 Å². The molecule has 93 valence electrons. The van der Waals surface area contributed by atoms with Gasteiger partial charge >= 0.3 is 0 Å². The van der Waals surface area contributed by atoms with Gasteiger partial charge in [-0.3, -0.25) is 0 Å². The van der Waals surface area contributed by atoms with Gasteiger partial charge in [-0.25, -0.2) is 0 Å². The molecule has 0 heterocycles. The van der Waals surface area contributed by atoms with Crippen molar-refractivity contribution in [3.05, 3.63) is 65.7 Å². The van der Waals surface area contributed by atoms with E-state index in [9.17, 15) is 0 Å². The van der Waals surface area contributed by atoms with E-state index >= 15 is 0 Å². The molecule has 0 unspecified atom stereocenters. The van der Waals surface area contributed by atoms with E-state index in [1.54, 1.807) is 0 Å². The molecule has 0 fully saturated rings. The maximum absolute atomic E-state index is 3.42. The molecule has 0 saturated carbocycles. The first kappa shape index (κ1) is 12.7. The number of rotatable bonds is 6. The van der Waals surface area contributed by atoms with E-state index in [-0.39, 0.29) is 0 Å². The molecule has 2 aromatic rings. The van der Waals surface area contributed by atoms with Crippen LogP contribution in [0, 0.1) is 6.07 Å². The molecule has 1 heteroatoms. The van der Waals surface area contributed by atoms with Crippen molar-refractivity contribution in [2.24, 2.45) is 0 Å². The van der Waals surface area contributed by atoms with Gasteiger partial charge in [0.1, 0.15) is 0 Å². The Hall–Kier alpha value is -1.76. The van der Waals surface area contributed by atoms with Gasteiger partial charge in [-0.1, -0.05) is 43.3 Å². The average Bonchev–Trinajstić information content (AvgIpc) is 2.45. The van der Waals surface area contributed by atoms with Crippen molar-refractivity contribution in [2.45, 2.75) is 26.2 Å². The minimum atomic E-state index is 1.01. The van der Waals surface area contributed by atoms with E-state index in [2.05, 4.69) is 54.7 Å². The molecular weight excluding hydrogens is 218 g/mol. The fourth-order valence-electron chi connectivity index (χ4n) is 2.04. The van der Waals surface area contributed by atoms with Crippen LogP contribution in [0.3, 0.4) is 0 Å². The molecule has 0 amide bonds. The van der Waals surface area contributed by atoms with Crippen LogP contribution in [0.25, 0.3) is 0 Å². The number of aryl methyl sites for hydroxylation is 2. The Morgan fingerprint density at radius 1 is 1.06 bits per heavy atom. The zero-order valence-corrected chi connectivity index (χ0v) is 10.9. The number of hydrogen-bond donors (Lipinski definition) is 1. The quantitative estimate of drug-likeness (QED) is 0.747. The summed E-state index contributed by atoms with van der Waals surface area (Å²) in [5.41, 5.74) is 4.05. The van der Waals surface area contributed by atoms with E-state index in [0.29, 0.717) is 0 Å². The van der Waals surface area contributed by atoms with Gasteiger partial charge in [-0.15, -0.1) is 0 Å². The Morgan fingerprint density at radius 3 is 2.61 bits per heavy atom. The van der Waals surface area contributed by atoms with Crippen molar-refractivity contribution in [3.63, 3.8) is 0 Å². The molecule has 0 bridgehead atoms. The maximum Gasteiger partial charge on any atom is 0.0340 e. The van der Waals surface area contributed by atoms with Crippen LogP contribution >= 0.6 is 0 Å². The second kappa shape index (κ2) is 6.85. The largest absolute Gasteiger partial charge is 0.385 e. The standard InChI is InChI=1S/C17H20N/c1-2-15-8-6-9-16(14-15)10-7-13-18-17-11-4-3-5-12-17/h4-6,8-9,11-12,14,18H,2,7,10,13H2,1H3. The second-order valence-corrected chi connectivity index (χ2v) is 4.49. The summed E-state index contributed by atoms with van der Waals surface area (Å²) in [4.78, 5) is 0. The normalized spacial score (nSPS) is 10.3. The van der Waals surface area contributed by atoms with Gasteiger partial charge in [0.2, 0.25) is 0 Å². The number of anilines is 1. The zero-order chi connectivity index (χ0) is 12.6. The second-order valence-electron chi connectivity index (χ2n) is 4.49. The summed E-state index contributed by atoms with van der Waals surface area (Å²) in [5.74, 6) is 0. The van der Waals surface area contributed by atoms with Crippen molar-refractivity contribution in [1.82, 2.24) is 0 Å². The molecule has 0 aromatic heterocycles. The molecular formula is C17H20N. The minimum absolute atomic E-state index is 1.01. The number of benzene rings is 2. The van der Waals surface area contributed by atoms with Gasteiger partial charge in [-0.05, 0) is 48.6 Å². The molecule has 0 saturated heterocycles. The highest BCUT2D eigenvalue weighted by atomic mass is 14.9. The lowest BCUT2D eigenvalue weighted by Gasteiger charge is -2.07. The van der Waals surface area contributed by atoms with Crippen LogP contribution in [-0.4, -0.2) is 6.54 Å². The fourth-order valence-corrected chi connectivity index (χ4v) is 2.04. The van der Waals surface area contributed by atoms with Crippen LogP contribution in [0.1, 0.15) is 24.5 Å². The van der Waals surface area contributed by atoms with E-state index in [1.165, 1.54) is 16.8 Å². The van der Waals surface area contributed by atoms with Gasteiger partial charge in [0.25, 0.3) is 0 Å². The third-order valence-electron chi connectivity index (χ3n) is 3.09. The molecule has 0 aliphatic carbocycles. The Balaban J connectivity index is 1.75. The Morgan fingerprint density at radius 2 is 1.83 bits per heavy atom. The summed E-state index contributed by atoms with van der Waals surface area (Å²) in [6, 6.07) is 19.9. The van der Waals surface area contributed by atoms with Crippen molar-refractivity contribution < 1.29 is 0 Å². The van der Waals surface area contributed by atoms with Gasteiger partial charge in [-0.2, -0.15) is 0 Å². The molecule has 0 atom stereocenters. The van der Waals surface area contributed by atoms with Gasteiger partial charge < -0.3 is 5.32 Å². The first-order chi connectivity index (χ1) is 8.88.